The molecule has 1 saturated heterocycles. The van der Waals surface area contributed by atoms with Crippen molar-refractivity contribution in [2.75, 3.05) is 6.61 Å². The number of hydrogen-bond donors (Lipinski definition) is 3. The third-order valence-corrected chi connectivity index (χ3v) is 2.28. The molecule has 4 nitrogen and oxygen atoms in total. The maximum absolute atomic E-state index is 9.34. The number of rotatable bonds is 2. The molecule has 4 unspecified atom stereocenters. The van der Waals surface area contributed by atoms with Gasteiger partial charge in [-0.1, -0.05) is 20.8 Å². The third kappa shape index (κ3) is 3.53. The Labute approximate surface area is 85.5 Å². The second-order valence-electron chi connectivity index (χ2n) is 3.18. The maximum Gasteiger partial charge on any atom is 0.109 e. The van der Waals surface area contributed by atoms with Crippen molar-refractivity contribution in [3.63, 3.8) is 0 Å². The Morgan fingerprint density at radius 1 is 1.29 bits per heavy atom. The molecule has 1 aliphatic rings. The molecular weight excluding hydrogens is 184 g/mol. The highest BCUT2D eigenvalue weighted by atomic mass is 16.5. The van der Waals surface area contributed by atoms with E-state index < -0.39 is 18.3 Å². The van der Waals surface area contributed by atoms with E-state index in [0.717, 1.165) is 6.42 Å². The molecule has 0 aromatic carbocycles. The Morgan fingerprint density at radius 3 is 2.29 bits per heavy atom. The zero-order chi connectivity index (χ0) is 11.1. The monoisotopic (exact) mass is 206 g/mol. The van der Waals surface area contributed by atoms with Gasteiger partial charge in [-0.25, -0.2) is 0 Å². The summed E-state index contributed by atoms with van der Waals surface area (Å²) in [4.78, 5) is 0. The van der Waals surface area contributed by atoms with Crippen LogP contribution in [0, 0.1) is 0 Å². The average Bonchev–Trinajstić information content (AvgIpc) is 2.24. The van der Waals surface area contributed by atoms with Crippen LogP contribution >= 0.6 is 0 Å². The van der Waals surface area contributed by atoms with Gasteiger partial charge in [0.2, 0.25) is 0 Å². The van der Waals surface area contributed by atoms with Crippen LogP contribution < -0.4 is 0 Å². The summed E-state index contributed by atoms with van der Waals surface area (Å²) < 4.78 is 5.31. The summed E-state index contributed by atoms with van der Waals surface area (Å²) in [5, 5.41) is 27.5. The minimum absolute atomic E-state index is 0.0412. The summed E-state index contributed by atoms with van der Waals surface area (Å²) in [5.41, 5.74) is 0. The van der Waals surface area contributed by atoms with Gasteiger partial charge in [-0.05, 0) is 6.42 Å². The summed E-state index contributed by atoms with van der Waals surface area (Å²) in [7, 11) is 0. The van der Waals surface area contributed by atoms with Crippen LogP contribution in [0.3, 0.4) is 0 Å². The Morgan fingerprint density at radius 2 is 1.86 bits per heavy atom. The smallest absolute Gasteiger partial charge is 0.109 e. The predicted molar refractivity (Wildman–Crippen MR) is 54.0 cm³/mol. The van der Waals surface area contributed by atoms with E-state index in [2.05, 4.69) is 0 Å². The highest BCUT2D eigenvalue weighted by Gasteiger charge is 2.35. The molecule has 0 aliphatic carbocycles. The van der Waals surface area contributed by atoms with E-state index in [-0.39, 0.29) is 12.7 Å². The van der Waals surface area contributed by atoms with E-state index in [1.54, 1.807) is 0 Å². The van der Waals surface area contributed by atoms with Gasteiger partial charge in [-0.2, -0.15) is 0 Å². The van der Waals surface area contributed by atoms with Gasteiger partial charge in [0.05, 0.1) is 18.8 Å². The van der Waals surface area contributed by atoms with Crippen LogP contribution in [0.2, 0.25) is 0 Å². The molecule has 1 heterocycles. The molecule has 4 heteroatoms. The molecule has 0 amide bonds. The van der Waals surface area contributed by atoms with Gasteiger partial charge in [0.25, 0.3) is 0 Å². The SMILES string of the molecule is CC.CCC1CC(O)C(O)C(CO)O1. The average molecular weight is 206 g/mol. The van der Waals surface area contributed by atoms with Gasteiger partial charge in [0, 0.05) is 6.42 Å². The van der Waals surface area contributed by atoms with Crippen LogP contribution in [-0.4, -0.2) is 46.3 Å². The molecule has 3 N–H and O–H groups in total. The van der Waals surface area contributed by atoms with E-state index in [0.29, 0.717) is 6.42 Å². The van der Waals surface area contributed by atoms with Crippen molar-refractivity contribution in [3.05, 3.63) is 0 Å². The largest absolute Gasteiger partial charge is 0.394 e. The fourth-order valence-corrected chi connectivity index (χ4v) is 1.45. The molecule has 0 radical (unpaired) electrons. The number of aliphatic hydroxyl groups is 3. The molecule has 1 fully saturated rings. The van der Waals surface area contributed by atoms with Gasteiger partial charge in [-0.3, -0.25) is 0 Å². The van der Waals surface area contributed by atoms with Crippen molar-refractivity contribution in [2.45, 2.75) is 58.0 Å². The first-order valence-corrected chi connectivity index (χ1v) is 5.31. The molecule has 0 bridgehead atoms. The topological polar surface area (TPSA) is 69.9 Å². The van der Waals surface area contributed by atoms with E-state index >= 15 is 0 Å². The third-order valence-electron chi connectivity index (χ3n) is 2.28. The Balaban J connectivity index is 0.000000791. The second-order valence-corrected chi connectivity index (χ2v) is 3.18. The Bertz CT molecular complexity index is 140. The molecule has 0 aromatic rings. The zero-order valence-corrected chi connectivity index (χ0v) is 9.18. The summed E-state index contributed by atoms with van der Waals surface area (Å²) in [6.45, 7) is 5.71. The van der Waals surface area contributed by atoms with Crippen molar-refractivity contribution in [1.29, 1.82) is 0 Å². The first kappa shape index (κ1) is 13.8. The molecular formula is C10H22O4. The highest BCUT2D eigenvalue weighted by Crippen LogP contribution is 2.21. The summed E-state index contributed by atoms with van der Waals surface area (Å²) in [5.74, 6) is 0. The number of hydrogen-bond acceptors (Lipinski definition) is 4. The summed E-state index contributed by atoms with van der Waals surface area (Å²) in [6.07, 6.45) is -1.13. The normalized spacial score (nSPS) is 37.3. The lowest BCUT2D eigenvalue weighted by Gasteiger charge is -2.35. The quantitative estimate of drug-likeness (QED) is 0.607. The standard InChI is InChI=1S/C8H16O4.C2H6/c1-2-5-3-6(10)8(11)7(4-9)12-5;1-2/h5-11H,2-4H2,1H3;1-2H3. The molecule has 14 heavy (non-hydrogen) atoms. The molecule has 0 spiro atoms. The van der Waals surface area contributed by atoms with Gasteiger partial charge >= 0.3 is 0 Å². The lowest BCUT2D eigenvalue weighted by atomic mass is 9.97. The van der Waals surface area contributed by atoms with Crippen LogP contribution in [0.15, 0.2) is 0 Å². The molecule has 1 rings (SSSR count). The highest BCUT2D eigenvalue weighted by molar-refractivity contribution is 4.84. The molecule has 4 atom stereocenters. The summed E-state index contributed by atoms with van der Waals surface area (Å²) in [6, 6.07) is 0. The van der Waals surface area contributed by atoms with Crippen LogP contribution in [0.4, 0.5) is 0 Å². The summed E-state index contributed by atoms with van der Waals surface area (Å²) >= 11 is 0. The molecule has 86 valence electrons. The van der Waals surface area contributed by atoms with Crippen LogP contribution in [0.1, 0.15) is 33.6 Å². The van der Waals surface area contributed by atoms with Crippen molar-refractivity contribution < 1.29 is 20.1 Å². The minimum Gasteiger partial charge on any atom is -0.394 e. The maximum atomic E-state index is 9.34. The lowest BCUT2D eigenvalue weighted by molar-refractivity contribution is -0.179. The van der Waals surface area contributed by atoms with Crippen molar-refractivity contribution >= 4 is 0 Å². The number of ether oxygens (including phenoxy) is 1. The molecule has 1 aliphatic heterocycles. The van der Waals surface area contributed by atoms with Gasteiger partial charge in [-0.15, -0.1) is 0 Å². The molecule has 0 aromatic heterocycles. The van der Waals surface area contributed by atoms with E-state index in [9.17, 15) is 10.2 Å². The number of aliphatic hydroxyl groups excluding tert-OH is 3. The van der Waals surface area contributed by atoms with Crippen LogP contribution in [-0.2, 0) is 4.74 Å². The van der Waals surface area contributed by atoms with E-state index in [1.165, 1.54) is 0 Å². The van der Waals surface area contributed by atoms with Crippen molar-refractivity contribution in [3.8, 4) is 0 Å². The predicted octanol–water partition coefficient (Wildman–Crippen LogP) is 0.294. The van der Waals surface area contributed by atoms with Crippen LogP contribution in [0.5, 0.6) is 0 Å². The Kier molecular flexibility index (Phi) is 7.09. The molecule has 0 saturated carbocycles. The lowest BCUT2D eigenvalue weighted by Crippen LogP contribution is -2.49. The van der Waals surface area contributed by atoms with Crippen LogP contribution in [0.25, 0.3) is 0 Å². The fourth-order valence-electron chi connectivity index (χ4n) is 1.45. The van der Waals surface area contributed by atoms with E-state index in [4.69, 9.17) is 9.84 Å². The Hall–Kier alpha value is -0.160. The second kappa shape index (κ2) is 7.17. The minimum atomic E-state index is -0.946. The van der Waals surface area contributed by atoms with Crippen molar-refractivity contribution in [2.24, 2.45) is 0 Å². The van der Waals surface area contributed by atoms with Gasteiger partial charge < -0.3 is 20.1 Å². The first-order chi connectivity index (χ1) is 6.69. The van der Waals surface area contributed by atoms with Crippen molar-refractivity contribution in [1.82, 2.24) is 0 Å². The fraction of sp³-hybridized carbons (Fsp3) is 1.00. The zero-order valence-electron chi connectivity index (χ0n) is 9.18. The van der Waals surface area contributed by atoms with E-state index in [1.807, 2.05) is 20.8 Å². The van der Waals surface area contributed by atoms with Gasteiger partial charge in [0.15, 0.2) is 0 Å². The first-order valence-electron chi connectivity index (χ1n) is 5.31. The van der Waals surface area contributed by atoms with Gasteiger partial charge in [0.1, 0.15) is 12.2 Å².